The number of nitrogens with one attached hydrogen (secondary N) is 2. The molecule has 0 fully saturated rings. The third-order valence-electron chi connectivity index (χ3n) is 3.54. The van der Waals surface area contributed by atoms with Gasteiger partial charge in [0.25, 0.3) is 0 Å². The Kier molecular flexibility index (Phi) is 4.73. The van der Waals surface area contributed by atoms with Crippen molar-refractivity contribution in [1.29, 1.82) is 0 Å². The summed E-state index contributed by atoms with van der Waals surface area (Å²) in [4.78, 5) is 25.4. The molecule has 0 spiro atoms. The molecule has 1 heterocycles. The summed E-state index contributed by atoms with van der Waals surface area (Å²) in [6.07, 6.45) is 0.139. The maximum absolute atomic E-state index is 12.3. The van der Waals surface area contributed by atoms with Gasteiger partial charge >= 0.3 is 0 Å². The molecule has 0 unspecified atom stereocenters. The minimum atomic E-state index is -0.416. The average molecular weight is 391 g/mol. The second-order valence-electron chi connectivity index (χ2n) is 5.30. The number of thioether (sulfide) groups is 1. The quantitative estimate of drug-likeness (QED) is 0.825. The summed E-state index contributed by atoms with van der Waals surface area (Å²) < 4.78 is 0.965. The molecule has 1 aliphatic heterocycles. The lowest BCUT2D eigenvalue weighted by molar-refractivity contribution is -0.120. The Bertz CT molecular complexity index is 779. The van der Waals surface area contributed by atoms with E-state index in [2.05, 4.69) is 26.6 Å². The molecule has 23 heavy (non-hydrogen) atoms. The number of fused-ring (bicyclic) bond motifs is 1. The smallest absolute Gasteiger partial charge is 0.238 e. The first-order chi connectivity index (χ1) is 11.0. The van der Waals surface area contributed by atoms with Crippen LogP contribution in [0.15, 0.2) is 51.8 Å². The lowest BCUT2D eigenvalue weighted by Crippen LogP contribution is -2.32. The SMILES string of the molecule is Cc1cc(Br)ccc1NC(=O)C[C@H]1Sc2ccccc2NC1=O. The Labute approximate surface area is 147 Å². The molecule has 118 valence electrons. The predicted octanol–water partition coefficient (Wildman–Crippen LogP) is 4.20. The number of amides is 2. The molecule has 3 rings (SSSR count). The first-order valence-electron chi connectivity index (χ1n) is 7.15. The molecule has 0 bridgehead atoms. The number of carbonyl (C=O) groups is 2. The van der Waals surface area contributed by atoms with Crippen molar-refractivity contribution in [2.24, 2.45) is 0 Å². The van der Waals surface area contributed by atoms with E-state index in [1.54, 1.807) is 0 Å². The Morgan fingerprint density at radius 2 is 2.09 bits per heavy atom. The van der Waals surface area contributed by atoms with Crippen molar-refractivity contribution < 1.29 is 9.59 Å². The number of halogens is 1. The number of para-hydroxylation sites is 1. The van der Waals surface area contributed by atoms with Gasteiger partial charge in [0.2, 0.25) is 11.8 Å². The highest BCUT2D eigenvalue weighted by Crippen LogP contribution is 2.36. The van der Waals surface area contributed by atoms with E-state index >= 15 is 0 Å². The van der Waals surface area contributed by atoms with Crippen LogP contribution in [0.3, 0.4) is 0 Å². The third-order valence-corrected chi connectivity index (χ3v) is 5.31. The standard InChI is InChI=1S/C17H15BrN2O2S/c1-10-8-11(18)6-7-12(10)19-16(21)9-15-17(22)20-13-4-2-3-5-14(13)23-15/h2-8,15H,9H2,1H3,(H,19,21)(H,20,22)/t15-/m1/s1. The van der Waals surface area contributed by atoms with Gasteiger partial charge in [0.1, 0.15) is 0 Å². The number of hydrogen-bond donors (Lipinski definition) is 2. The zero-order chi connectivity index (χ0) is 16.4. The molecular weight excluding hydrogens is 376 g/mol. The zero-order valence-electron chi connectivity index (χ0n) is 12.4. The van der Waals surface area contributed by atoms with Gasteiger partial charge in [-0.3, -0.25) is 9.59 Å². The molecule has 6 heteroatoms. The van der Waals surface area contributed by atoms with E-state index in [0.717, 1.165) is 26.3 Å². The normalized spacial score (nSPS) is 16.4. The van der Waals surface area contributed by atoms with Gasteiger partial charge in [-0.15, -0.1) is 11.8 Å². The van der Waals surface area contributed by atoms with Crippen LogP contribution in [-0.4, -0.2) is 17.1 Å². The lowest BCUT2D eigenvalue weighted by atomic mass is 10.2. The van der Waals surface area contributed by atoms with E-state index in [0.29, 0.717) is 0 Å². The van der Waals surface area contributed by atoms with Gasteiger partial charge in [-0.2, -0.15) is 0 Å². The van der Waals surface area contributed by atoms with Crippen molar-refractivity contribution in [1.82, 2.24) is 0 Å². The van der Waals surface area contributed by atoms with Crippen LogP contribution in [0.5, 0.6) is 0 Å². The highest BCUT2D eigenvalue weighted by atomic mass is 79.9. The molecular formula is C17H15BrN2O2S. The van der Waals surface area contributed by atoms with Gasteiger partial charge in [0, 0.05) is 21.5 Å². The molecule has 0 aromatic heterocycles. The summed E-state index contributed by atoms with van der Waals surface area (Å²) in [6, 6.07) is 13.3. The third kappa shape index (κ3) is 3.76. The van der Waals surface area contributed by atoms with Crippen LogP contribution in [0.1, 0.15) is 12.0 Å². The average Bonchev–Trinajstić information content (AvgIpc) is 2.51. The minimum absolute atomic E-state index is 0.128. The second kappa shape index (κ2) is 6.76. The van der Waals surface area contributed by atoms with E-state index < -0.39 is 5.25 Å². The summed E-state index contributed by atoms with van der Waals surface area (Å²) in [6.45, 7) is 1.93. The lowest BCUT2D eigenvalue weighted by Gasteiger charge is -2.23. The fourth-order valence-corrected chi connectivity index (χ4v) is 3.95. The first-order valence-corrected chi connectivity index (χ1v) is 8.83. The topological polar surface area (TPSA) is 58.2 Å². The molecule has 2 aromatic carbocycles. The Hall–Kier alpha value is -1.79. The summed E-state index contributed by atoms with van der Waals surface area (Å²) in [5.41, 5.74) is 2.54. The maximum Gasteiger partial charge on any atom is 0.238 e. The number of hydrogen-bond acceptors (Lipinski definition) is 3. The summed E-state index contributed by atoms with van der Waals surface area (Å²) in [5, 5.41) is 5.31. The molecule has 0 saturated heterocycles. The second-order valence-corrected chi connectivity index (χ2v) is 7.46. The van der Waals surface area contributed by atoms with E-state index in [-0.39, 0.29) is 18.2 Å². The molecule has 0 aliphatic carbocycles. The Morgan fingerprint density at radius 3 is 2.87 bits per heavy atom. The number of rotatable bonds is 3. The van der Waals surface area contributed by atoms with E-state index in [9.17, 15) is 9.59 Å². The van der Waals surface area contributed by atoms with Crippen LogP contribution >= 0.6 is 27.7 Å². The zero-order valence-corrected chi connectivity index (χ0v) is 14.8. The van der Waals surface area contributed by atoms with Crippen molar-refractivity contribution in [2.45, 2.75) is 23.5 Å². The van der Waals surface area contributed by atoms with Crippen LogP contribution in [0.25, 0.3) is 0 Å². The first kappa shape index (κ1) is 16.1. The van der Waals surface area contributed by atoms with Crippen LogP contribution in [0.4, 0.5) is 11.4 Å². The molecule has 0 radical (unpaired) electrons. The van der Waals surface area contributed by atoms with Crippen molar-refractivity contribution in [3.05, 3.63) is 52.5 Å². The fourth-order valence-electron chi connectivity index (χ4n) is 2.36. The van der Waals surface area contributed by atoms with Gasteiger partial charge in [-0.05, 0) is 42.8 Å². The monoisotopic (exact) mass is 390 g/mol. The van der Waals surface area contributed by atoms with Crippen LogP contribution in [0, 0.1) is 6.92 Å². The Balaban J connectivity index is 1.67. The molecule has 0 saturated carbocycles. The van der Waals surface area contributed by atoms with E-state index in [1.807, 2.05) is 49.4 Å². The van der Waals surface area contributed by atoms with E-state index in [4.69, 9.17) is 0 Å². The number of aryl methyl sites for hydroxylation is 1. The molecule has 1 atom stereocenters. The molecule has 2 N–H and O–H groups in total. The highest BCUT2D eigenvalue weighted by Gasteiger charge is 2.28. The maximum atomic E-state index is 12.3. The Morgan fingerprint density at radius 1 is 1.30 bits per heavy atom. The molecule has 2 amide bonds. The largest absolute Gasteiger partial charge is 0.326 e. The van der Waals surface area contributed by atoms with Crippen LogP contribution in [0.2, 0.25) is 0 Å². The number of anilines is 2. The summed E-state index contributed by atoms with van der Waals surface area (Å²) >= 11 is 4.83. The van der Waals surface area contributed by atoms with Crippen molar-refractivity contribution >= 4 is 50.9 Å². The summed E-state index contributed by atoms with van der Waals surface area (Å²) in [5.74, 6) is -0.293. The van der Waals surface area contributed by atoms with Crippen molar-refractivity contribution in [2.75, 3.05) is 10.6 Å². The van der Waals surface area contributed by atoms with Crippen LogP contribution < -0.4 is 10.6 Å². The van der Waals surface area contributed by atoms with Crippen LogP contribution in [-0.2, 0) is 9.59 Å². The molecule has 1 aliphatic rings. The van der Waals surface area contributed by atoms with Gasteiger partial charge < -0.3 is 10.6 Å². The molecule has 4 nitrogen and oxygen atoms in total. The van der Waals surface area contributed by atoms with Crippen molar-refractivity contribution in [3.63, 3.8) is 0 Å². The number of carbonyl (C=O) groups excluding carboxylic acids is 2. The van der Waals surface area contributed by atoms with Gasteiger partial charge in [-0.1, -0.05) is 28.1 Å². The fraction of sp³-hybridized carbons (Fsp3) is 0.176. The van der Waals surface area contributed by atoms with Gasteiger partial charge in [-0.25, -0.2) is 0 Å². The summed E-state index contributed by atoms with van der Waals surface area (Å²) in [7, 11) is 0. The minimum Gasteiger partial charge on any atom is -0.326 e. The molecule has 2 aromatic rings. The predicted molar refractivity (Wildman–Crippen MR) is 96.8 cm³/mol. The number of benzene rings is 2. The van der Waals surface area contributed by atoms with Gasteiger partial charge in [0.15, 0.2) is 0 Å². The van der Waals surface area contributed by atoms with Crippen molar-refractivity contribution in [3.8, 4) is 0 Å². The highest BCUT2D eigenvalue weighted by molar-refractivity contribution is 9.10. The van der Waals surface area contributed by atoms with E-state index in [1.165, 1.54) is 11.8 Å². The van der Waals surface area contributed by atoms with Gasteiger partial charge in [0.05, 0.1) is 10.9 Å².